The topological polar surface area (TPSA) is 33.3 Å². The Labute approximate surface area is 131 Å². The molecule has 0 bridgehead atoms. The van der Waals surface area contributed by atoms with Crippen LogP contribution >= 0.6 is 0 Å². The summed E-state index contributed by atoms with van der Waals surface area (Å²) in [5, 5.41) is 6.65. The molecule has 0 aliphatic rings. The minimum Gasteiger partial charge on any atom is -0.496 e. The third-order valence-electron chi connectivity index (χ3n) is 3.04. The van der Waals surface area contributed by atoms with E-state index in [1.165, 1.54) is 37.7 Å². The van der Waals surface area contributed by atoms with Gasteiger partial charge < -0.3 is 15.4 Å². The van der Waals surface area contributed by atoms with E-state index in [1.807, 2.05) is 19.2 Å². The van der Waals surface area contributed by atoms with Gasteiger partial charge in [0.25, 0.3) is 0 Å². The van der Waals surface area contributed by atoms with Gasteiger partial charge in [-0.15, -0.1) is 0 Å². The summed E-state index contributed by atoms with van der Waals surface area (Å²) < 4.78 is 5.32. The Morgan fingerprint density at radius 3 is 2.19 bits per heavy atom. The molecule has 0 heterocycles. The highest BCUT2D eigenvalue weighted by Crippen LogP contribution is 2.16. The minimum atomic E-state index is 0.889. The summed E-state index contributed by atoms with van der Waals surface area (Å²) in [6, 6.07) is 8.18. The number of nitrogens with one attached hydrogen (secondary N) is 2. The highest BCUT2D eigenvalue weighted by molar-refractivity contribution is 5.32. The molecule has 0 aromatic heterocycles. The largest absolute Gasteiger partial charge is 0.496 e. The molecule has 1 aromatic rings. The zero-order chi connectivity index (χ0) is 15.8. The van der Waals surface area contributed by atoms with Gasteiger partial charge in [0.15, 0.2) is 0 Å². The van der Waals surface area contributed by atoms with Crippen molar-refractivity contribution in [1.29, 1.82) is 0 Å². The smallest absolute Gasteiger partial charge is 0.123 e. The van der Waals surface area contributed by atoms with E-state index in [-0.39, 0.29) is 0 Å². The summed E-state index contributed by atoms with van der Waals surface area (Å²) in [4.78, 5) is 0. The van der Waals surface area contributed by atoms with Crippen molar-refractivity contribution in [3.63, 3.8) is 0 Å². The lowest BCUT2D eigenvalue weighted by molar-refractivity contribution is 0.407. The monoisotopic (exact) mass is 294 g/mol. The highest BCUT2D eigenvalue weighted by atomic mass is 16.5. The molecule has 1 aromatic carbocycles. The summed E-state index contributed by atoms with van der Waals surface area (Å²) in [5.74, 6) is 0.971. The maximum absolute atomic E-state index is 5.32. The average molecular weight is 294 g/mol. The molecule has 0 aliphatic heterocycles. The van der Waals surface area contributed by atoms with E-state index < -0.39 is 0 Å². The first-order chi connectivity index (χ1) is 10.3. The van der Waals surface area contributed by atoms with E-state index in [1.54, 1.807) is 7.11 Å². The predicted molar refractivity (Wildman–Crippen MR) is 93.1 cm³/mol. The lowest BCUT2D eigenvalue weighted by Crippen LogP contribution is -2.15. The summed E-state index contributed by atoms with van der Waals surface area (Å²) >= 11 is 0. The van der Waals surface area contributed by atoms with Crippen LogP contribution in [0.4, 0.5) is 0 Å². The fourth-order valence-corrected chi connectivity index (χ4v) is 1.98. The van der Waals surface area contributed by atoms with Crippen LogP contribution in [0.2, 0.25) is 0 Å². The number of para-hydroxylation sites is 1. The number of hydrogen-bond acceptors (Lipinski definition) is 3. The fourth-order valence-electron chi connectivity index (χ4n) is 1.98. The van der Waals surface area contributed by atoms with Crippen LogP contribution < -0.4 is 15.4 Å². The molecule has 1 rings (SSSR count). The number of unbranched alkanes of at least 4 members (excludes halogenated alkanes) is 3. The molecule has 0 unspecified atom stereocenters. The Morgan fingerprint density at radius 1 is 0.952 bits per heavy atom. The predicted octanol–water partition coefficient (Wildman–Crippen LogP) is 3.98. The van der Waals surface area contributed by atoms with Gasteiger partial charge in [0.2, 0.25) is 0 Å². The van der Waals surface area contributed by atoms with Crippen LogP contribution in [0.5, 0.6) is 5.75 Å². The van der Waals surface area contributed by atoms with Crippen molar-refractivity contribution in [3.05, 3.63) is 29.8 Å². The highest BCUT2D eigenvalue weighted by Gasteiger charge is 1.99. The zero-order valence-electron chi connectivity index (χ0n) is 14.4. The molecule has 3 heteroatoms. The lowest BCUT2D eigenvalue weighted by atomic mass is 10.1. The van der Waals surface area contributed by atoms with Crippen molar-refractivity contribution >= 4 is 0 Å². The Kier molecular flexibility index (Phi) is 14.6. The van der Waals surface area contributed by atoms with Gasteiger partial charge in [-0.1, -0.05) is 51.3 Å². The first kappa shape index (κ1) is 19.9. The number of benzene rings is 1. The zero-order valence-corrected chi connectivity index (χ0v) is 14.4. The normalized spacial score (nSPS) is 9.90. The van der Waals surface area contributed by atoms with Crippen LogP contribution in [-0.4, -0.2) is 27.2 Å². The second kappa shape index (κ2) is 15.3. The van der Waals surface area contributed by atoms with E-state index in [0.29, 0.717) is 0 Å². The Hall–Kier alpha value is -1.06. The Morgan fingerprint density at radius 2 is 1.57 bits per heavy atom. The Balaban J connectivity index is 0.00000122. The second-order valence-corrected chi connectivity index (χ2v) is 5.21. The summed E-state index contributed by atoms with van der Waals surface area (Å²) in [6.45, 7) is 7.35. The van der Waals surface area contributed by atoms with Crippen LogP contribution in [0, 0.1) is 0 Å². The number of methoxy groups -OCH3 is 1. The van der Waals surface area contributed by atoms with Crippen molar-refractivity contribution in [2.45, 2.75) is 52.5 Å². The lowest BCUT2D eigenvalue weighted by Gasteiger charge is -2.09. The Bertz CT molecular complexity index is 329. The van der Waals surface area contributed by atoms with Crippen LogP contribution in [0.15, 0.2) is 24.3 Å². The molecule has 0 aliphatic carbocycles. The van der Waals surface area contributed by atoms with Crippen molar-refractivity contribution in [3.8, 4) is 5.75 Å². The third kappa shape index (κ3) is 11.3. The first-order valence-corrected chi connectivity index (χ1v) is 8.27. The summed E-state index contributed by atoms with van der Waals surface area (Å²) in [7, 11) is 3.73. The average Bonchev–Trinajstić information content (AvgIpc) is 2.51. The standard InChI is InChI=1S/C15H26N2O.C3H8/c1-16-11-7-3-4-8-12-17-13-14-9-5-6-10-15(14)18-2;1-3-2/h5-6,9-10,16-17H,3-4,7-8,11-13H2,1-2H3;3H2,1-2H3. The molecule has 0 amide bonds. The van der Waals surface area contributed by atoms with Gasteiger partial charge in [0.1, 0.15) is 5.75 Å². The number of hydrogen-bond donors (Lipinski definition) is 2. The van der Waals surface area contributed by atoms with E-state index in [9.17, 15) is 0 Å². The molecule has 2 N–H and O–H groups in total. The van der Waals surface area contributed by atoms with E-state index in [4.69, 9.17) is 4.74 Å². The van der Waals surface area contributed by atoms with E-state index >= 15 is 0 Å². The van der Waals surface area contributed by atoms with Crippen LogP contribution in [-0.2, 0) is 6.54 Å². The van der Waals surface area contributed by atoms with Crippen molar-refractivity contribution in [1.82, 2.24) is 10.6 Å². The van der Waals surface area contributed by atoms with Gasteiger partial charge in [-0.2, -0.15) is 0 Å². The second-order valence-electron chi connectivity index (χ2n) is 5.21. The number of ether oxygens (including phenoxy) is 1. The van der Waals surface area contributed by atoms with Gasteiger partial charge in [0.05, 0.1) is 7.11 Å². The third-order valence-corrected chi connectivity index (χ3v) is 3.04. The minimum absolute atomic E-state index is 0.889. The summed E-state index contributed by atoms with van der Waals surface area (Å²) in [6.07, 6.45) is 6.40. The summed E-state index contributed by atoms with van der Waals surface area (Å²) in [5.41, 5.74) is 1.23. The van der Waals surface area contributed by atoms with E-state index in [0.717, 1.165) is 25.4 Å². The van der Waals surface area contributed by atoms with Crippen molar-refractivity contribution in [2.75, 3.05) is 27.2 Å². The van der Waals surface area contributed by atoms with Gasteiger partial charge in [-0.05, 0) is 39.0 Å². The van der Waals surface area contributed by atoms with Crippen LogP contribution in [0.3, 0.4) is 0 Å². The molecule has 21 heavy (non-hydrogen) atoms. The molecule has 0 spiro atoms. The SMILES string of the molecule is CCC.CNCCCCCCNCc1ccccc1OC. The molecule has 0 saturated carbocycles. The van der Waals surface area contributed by atoms with Crippen LogP contribution in [0.1, 0.15) is 51.5 Å². The van der Waals surface area contributed by atoms with Gasteiger partial charge in [-0.3, -0.25) is 0 Å². The quantitative estimate of drug-likeness (QED) is 0.640. The molecule has 3 nitrogen and oxygen atoms in total. The van der Waals surface area contributed by atoms with Gasteiger partial charge in [0, 0.05) is 12.1 Å². The maximum Gasteiger partial charge on any atom is 0.123 e. The molecular formula is C18H34N2O. The molecule has 122 valence electrons. The molecule has 0 saturated heterocycles. The van der Waals surface area contributed by atoms with E-state index in [2.05, 4.69) is 36.6 Å². The first-order valence-electron chi connectivity index (χ1n) is 8.27. The molecule has 0 radical (unpaired) electrons. The molecular weight excluding hydrogens is 260 g/mol. The van der Waals surface area contributed by atoms with Gasteiger partial charge in [-0.25, -0.2) is 0 Å². The number of rotatable bonds is 10. The molecule has 0 fully saturated rings. The molecule has 0 atom stereocenters. The van der Waals surface area contributed by atoms with Gasteiger partial charge >= 0.3 is 0 Å². The maximum atomic E-state index is 5.32. The van der Waals surface area contributed by atoms with Crippen molar-refractivity contribution < 1.29 is 4.74 Å². The van der Waals surface area contributed by atoms with Crippen molar-refractivity contribution in [2.24, 2.45) is 0 Å². The fraction of sp³-hybridized carbons (Fsp3) is 0.667. The van der Waals surface area contributed by atoms with Crippen LogP contribution in [0.25, 0.3) is 0 Å².